The highest BCUT2D eigenvalue weighted by atomic mass is 28.4. The Morgan fingerprint density at radius 1 is 1.05 bits per heavy atom. The number of carbonyl (C=O) groups is 1. The minimum Gasteiger partial charge on any atom is -0.481 e. The summed E-state index contributed by atoms with van der Waals surface area (Å²) in [5, 5.41) is 8.92. The average molecular weight is 289 g/mol. The van der Waals surface area contributed by atoms with Gasteiger partial charge in [0.25, 0.3) is 0 Å². The lowest BCUT2D eigenvalue weighted by atomic mass is 10.1. The molecule has 0 radical (unpaired) electrons. The Labute approximate surface area is 119 Å². The summed E-state index contributed by atoms with van der Waals surface area (Å²) in [5.41, 5.74) is 0. The number of hydrogen-bond donors (Lipinski definition) is 1. The van der Waals surface area contributed by atoms with Crippen molar-refractivity contribution in [2.24, 2.45) is 0 Å². The summed E-state index contributed by atoms with van der Waals surface area (Å²) >= 11 is 0. The van der Waals surface area contributed by atoms with Gasteiger partial charge in [-0.2, -0.15) is 0 Å². The van der Waals surface area contributed by atoms with Gasteiger partial charge in [0.15, 0.2) is 8.32 Å². The van der Waals surface area contributed by atoms with Gasteiger partial charge < -0.3 is 9.53 Å². The molecule has 0 saturated carbocycles. The van der Waals surface area contributed by atoms with Crippen molar-refractivity contribution in [1.82, 2.24) is 0 Å². The Hall–Kier alpha value is -0.353. The van der Waals surface area contributed by atoms with Gasteiger partial charge in [-0.15, -0.1) is 0 Å². The highest BCUT2D eigenvalue weighted by Gasteiger charge is 2.22. The van der Waals surface area contributed by atoms with Crippen LogP contribution in [0.2, 0.25) is 19.6 Å². The molecule has 4 heteroatoms. The molecule has 0 aliphatic carbocycles. The van der Waals surface area contributed by atoms with Crippen LogP contribution in [0.4, 0.5) is 0 Å². The summed E-state index contributed by atoms with van der Waals surface area (Å²) in [6, 6.07) is 0. The van der Waals surface area contributed by atoms with Crippen molar-refractivity contribution in [3.8, 4) is 0 Å². The first-order valence-electron chi connectivity index (χ1n) is 7.74. The molecule has 3 nitrogen and oxygen atoms in total. The van der Waals surface area contributed by atoms with Crippen LogP contribution in [0.15, 0.2) is 0 Å². The van der Waals surface area contributed by atoms with Crippen LogP contribution in [0.25, 0.3) is 0 Å². The minimum absolute atomic E-state index is 0.0835. The van der Waals surface area contributed by atoms with Gasteiger partial charge in [0.05, 0.1) is 12.5 Å². The molecule has 1 unspecified atom stereocenters. The van der Waals surface area contributed by atoms with Gasteiger partial charge in [-0.1, -0.05) is 51.9 Å². The van der Waals surface area contributed by atoms with Crippen molar-refractivity contribution in [1.29, 1.82) is 0 Å². The van der Waals surface area contributed by atoms with E-state index in [0.29, 0.717) is 0 Å². The molecule has 1 atom stereocenters. The normalized spacial score (nSPS) is 13.5. The Balaban J connectivity index is 3.77. The van der Waals surface area contributed by atoms with E-state index >= 15 is 0 Å². The number of hydrogen-bond acceptors (Lipinski definition) is 2. The molecular formula is C15H32O3Si. The minimum atomic E-state index is -1.64. The van der Waals surface area contributed by atoms with Crippen molar-refractivity contribution in [3.05, 3.63) is 0 Å². The van der Waals surface area contributed by atoms with Gasteiger partial charge in [0.1, 0.15) is 0 Å². The fourth-order valence-electron chi connectivity index (χ4n) is 2.23. The van der Waals surface area contributed by atoms with E-state index in [1.54, 1.807) is 0 Å². The molecule has 1 N–H and O–H groups in total. The SMILES string of the molecule is CCCCCCCCCC(CC(=O)O)O[Si](C)(C)C. The summed E-state index contributed by atoms with van der Waals surface area (Å²) in [5.74, 6) is -0.744. The van der Waals surface area contributed by atoms with Crippen LogP contribution in [-0.2, 0) is 9.22 Å². The molecule has 0 heterocycles. The van der Waals surface area contributed by atoms with E-state index in [1.165, 1.54) is 38.5 Å². The fraction of sp³-hybridized carbons (Fsp3) is 0.933. The Morgan fingerprint density at radius 2 is 1.58 bits per heavy atom. The Bertz CT molecular complexity index is 236. The van der Waals surface area contributed by atoms with Crippen LogP contribution in [0, 0.1) is 0 Å². The Kier molecular flexibility index (Phi) is 10.2. The summed E-state index contributed by atoms with van der Waals surface area (Å²) in [4.78, 5) is 10.8. The third-order valence-electron chi connectivity index (χ3n) is 3.05. The van der Waals surface area contributed by atoms with Gasteiger partial charge in [0.2, 0.25) is 0 Å². The maximum atomic E-state index is 10.8. The largest absolute Gasteiger partial charge is 0.481 e. The molecule has 114 valence electrons. The summed E-state index contributed by atoms with van der Waals surface area (Å²) < 4.78 is 5.95. The fourth-order valence-corrected chi connectivity index (χ4v) is 3.43. The van der Waals surface area contributed by atoms with Crippen molar-refractivity contribution in [2.45, 2.75) is 90.5 Å². The van der Waals surface area contributed by atoms with E-state index in [9.17, 15) is 4.79 Å². The number of carboxylic acids is 1. The van der Waals surface area contributed by atoms with Crippen LogP contribution in [0.5, 0.6) is 0 Å². The zero-order chi connectivity index (χ0) is 14.7. The second kappa shape index (κ2) is 10.4. The topological polar surface area (TPSA) is 46.5 Å². The molecule has 0 aliphatic heterocycles. The third kappa shape index (κ3) is 13.9. The highest BCUT2D eigenvalue weighted by Crippen LogP contribution is 2.17. The van der Waals surface area contributed by atoms with Crippen molar-refractivity contribution in [3.63, 3.8) is 0 Å². The molecule has 19 heavy (non-hydrogen) atoms. The van der Waals surface area contributed by atoms with Crippen molar-refractivity contribution < 1.29 is 14.3 Å². The molecule has 0 bridgehead atoms. The van der Waals surface area contributed by atoms with Crippen LogP contribution < -0.4 is 0 Å². The van der Waals surface area contributed by atoms with E-state index in [4.69, 9.17) is 9.53 Å². The maximum Gasteiger partial charge on any atom is 0.305 e. The first-order chi connectivity index (χ1) is 8.85. The molecule has 0 rings (SSSR count). The molecule has 0 amide bonds. The molecule has 0 saturated heterocycles. The summed E-state index contributed by atoms with van der Waals surface area (Å²) in [6.45, 7) is 8.58. The predicted molar refractivity (Wildman–Crippen MR) is 83.1 cm³/mol. The first kappa shape index (κ1) is 18.6. The summed E-state index contributed by atoms with van der Waals surface area (Å²) in [6.07, 6.45) is 9.79. The molecule has 0 aromatic carbocycles. The summed E-state index contributed by atoms with van der Waals surface area (Å²) in [7, 11) is -1.64. The van der Waals surface area contributed by atoms with E-state index in [-0.39, 0.29) is 12.5 Å². The highest BCUT2D eigenvalue weighted by molar-refractivity contribution is 6.69. The molecule has 0 spiro atoms. The van der Waals surface area contributed by atoms with E-state index in [1.807, 2.05) is 0 Å². The lowest BCUT2D eigenvalue weighted by Gasteiger charge is -2.25. The van der Waals surface area contributed by atoms with Crippen LogP contribution >= 0.6 is 0 Å². The zero-order valence-corrected chi connectivity index (χ0v) is 14.2. The first-order valence-corrected chi connectivity index (χ1v) is 11.2. The number of carboxylic acid groups (broad SMARTS) is 1. The smallest absolute Gasteiger partial charge is 0.305 e. The maximum absolute atomic E-state index is 10.8. The van der Waals surface area contributed by atoms with Gasteiger partial charge in [-0.05, 0) is 26.1 Å². The lowest BCUT2D eigenvalue weighted by Crippen LogP contribution is -2.33. The monoisotopic (exact) mass is 288 g/mol. The third-order valence-corrected chi connectivity index (χ3v) is 4.09. The van der Waals surface area contributed by atoms with E-state index in [0.717, 1.165) is 12.8 Å². The van der Waals surface area contributed by atoms with Crippen molar-refractivity contribution >= 4 is 14.3 Å². The van der Waals surface area contributed by atoms with Gasteiger partial charge in [0, 0.05) is 0 Å². The van der Waals surface area contributed by atoms with E-state index in [2.05, 4.69) is 26.6 Å². The Morgan fingerprint density at radius 3 is 2.05 bits per heavy atom. The quantitative estimate of drug-likeness (QED) is 0.413. The molecule has 0 aliphatic rings. The van der Waals surface area contributed by atoms with Crippen LogP contribution in [0.3, 0.4) is 0 Å². The van der Waals surface area contributed by atoms with Gasteiger partial charge >= 0.3 is 5.97 Å². The predicted octanol–water partition coefficient (Wildman–Crippen LogP) is 4.82. The van der Waals surface area contributed by atoms with Crippen LogP contribution in [-0.4, -0.2) is 25.5 Å². The molecule has 0 fully saturated rings. The molecule has 0 aromatic rings. The van der Waals surface area contributed by atoms with Gasteiger partial charge in [-0.25, -0.2) is 0 Å². The van der Waals surface area contributed by atoms with Crippen molar-refractivity contribution in [2.75, 3.05) is 0 Å². The average Bonchev–Trinajstić information content (AvgIpc) is 2.24. The van der Waals surface area contributed by atoms with Crippen LogP contribution in [0.1, 0.15) is 64.7 Å². The number of rotatable bonds is 12. The zero-order valence-electron chi connectivity index (χ0n) is 13.2. The number of unbranched alkanes of at least 4 members (excludes halogenated alkanes) is 6. The second-order valence-corrected chi connectivity index (χ2v) is 10.8. The standard InChI is InChI=1S/C15H32O3Si/c1-5-6-7-8-9-10-11-12-14(13-15(16)17)18-19(2,3)4/h14H,5-13H2,1-4H3,(H,16,17). The second-order valence-electron chi connectivity index (χ2n) is 6.36. The van der Waals surface area contributed by atoms with E-state index < -0.39 is 14.3 Å². The molecule has 0 aromatic heterocycles. The molecular weight excluding hydrogens is 256 g/mol. The van der Waals surface area contributed by atoms with Gasteiger partial charge in [-0.3, -0.25) is 4.79 Å². The number of aliphatic carboxylic acids is 1. The lowest BCUT2D eigenvalue weighted by molar-refractivity contribution is -0.139.